The first-order valence-electron chi connectivity index (χ1n) is 8.57. The topological polar surface area (TPSA) is 47.9 Å². The van der Waals surface area contributed by atoms with Crippen LogP contribution >= 0.6 is 0 Å². The molecule has 0 heterocycles. The van der Waals surface area contributed by atoms with Gasteiger partial charge < -0.3 is 9.57 Å². The highest BCUT2D eigenvalue weighted by Crippen LogP contribution is 2.31. The monoisotopic (exact) mass is 337 g/mol. The summed E-state index contributed by atoms with van der Waals surface area (Å²) in [5.41, 5.74) is 6.32. The lowest BCUT2D eigenvalue weighted by Gasteiger charge is -2.19. The Labute approximate surface area is 148 Å². The summed E-state index contributed by atoms with van der Waals surface area (Å²) < 4.78 is 5.63. The molecule has 4 nitrogen and oxygen atoms in total. The molecule has 6 rings (SSSR count). The van der Waals surface area contributed by atoms with Gasteiger partial charge in [0.05, 0.1) is 5.71 Å². The highest BCUT2D eigenvalue weighted by Gasteiger charge is 2.20. The number of rotatable bonds is 3. The van der Waals surface area contributed by atoms with E-state index in [2.05, 4.69) is 41.6 Å². The molecule has 0 radical (unpaired) electrons. The van der Waals surface area contributed by atoms with Crippen LogP contribution in [0.4, 0.5) is 0 Å². The second-order valence-electron chi connectivity index (χ2n) is 6.36. The average Bonchev–Trinajstić information content (AvgIpc) is 2.57. The smallest absolute Gasteiger partial charge is 0.308 e. The van der Waals surface area contributed by atoms with Gasteiger partial charge in [-0.05, 0) is 54.9 Å². The summed E-state index contributed by atoms with van der Waals surface area (Å²) in [6.45, 7) is 3.32. The summed E-state index contributed by atoms with van der Waals surface area (Å²) in [5, 5.41) is 4.10. The number of oxime groups is 1. The minimum Gasteiger partial charge on any atom is -0.426 e. The van der Waals surface area contributed by atoms with Gasteiger partial charge in [-0.25, -0.2) is 0 Å². The van der Waals surface area contributed by atoms with Gasteiger partial charge in [-0.2, -0.15) is 0 Å². The minimum absolute atomic E-state index is 0.319. The van der Waals surface area contributed by atoms with Crippen molar-refractivity contribution in [2.45, 2.75) is 39.5 Å². The standard InChI is InChI=1S/C21H23NO3/c1-14(22-24-3)20-18-10-8-16-4-6-17(7-5-16)9-11-19(13-12-18)21(20)25-15(2)23/h4-7,12-13H,8-11H2,1-3H3/b22-14+. The van der Waals surface area contributed by atoms with Crippen LogP contribution in [-0.2, 0) is 35.3 Å². The van der Waals surface area contributed by atoms with E-state index < -0.39 is 0 Å². The van der Waals surface area contributed by atoms with Crippen LogP contribution in [0.2, 0.25) is 0 Å². The molecule has 0 aromatic heterocycles. The predicted octanol–water partition coefficient (Wildman–Crippen LogP) is 3.87. The molecule has 0 aliphatic heterocycles. The summed E-state index contributed by atoms with van der Waals surface area (Å²) in [5.74, 6) is 0.304. The molecule has 4 aliphatic rings. The maximum atomic E-state index is 11.7. The molecule has 0 unspecified atom stereocenters. The van der Waals surface area contributed by atoms with Crippen LogP contribution in [0.5, 0.6) is 5.75 Å². The van der Waals surface area contributed by atoms with E-state index in [1.54, 1.807) is 0 Å². The van der Waals surface area contributed by atoms with Gasteiger partial charge in [0.25, 0.3) is 0 Å². The molecule has 130 valence electrons. The van der Waals surface area contributed by atoms with E-state index in [0.29, 0.717) is 5.75 Å². The molecule has 0 fully saturated rings. The lowest BCUT2D eigenvalue weighted by atomic mass is 9.90. The molecule has 2 aromatic rings. The van der Waals surface area contributed by atoms with Crippen LogP contribution in [0.15, 0.2) is 41.6 Å². The Morgan fingerprint density at radius 3 is 2.00 bits per heavy atom. The number of aryl methyl sites for hydroxylation is 4. The maximum absolute atomic E-state index is 11.7. The third kappa shape index (κ3) is 3.90. The number of hydrogen-bond acceptors (Lipinski definition) is 4. The predicted molar refractivity (Wildman–Crippen MR) is 98.2 cm³/mol. The third-order valence-electron chi connectivity index (χ3n) is 4.55. The van der Waals surface area contributed by atoms with Crippen molar-refractivity contribution in [3.8, 4) is 5.75 Å². The fourth-order valence-corrected chi connectivity index (χ4v) is 3.34. The van der Waals surface area contributed by atoms with Crippen molar-refractivity contribution in [2.75, 3.05) is 7.11 Å². The zero-order valence-electron chi connectivity index (χ0n) is 15.0. The number of hydrogen-bond donors (Lipinski definition) is 0. The largest absolute Gasteiger partial charge is 0.426 e. The summed E-state index contributed by atoms with van der Waals surface area (Å²) >= 11 is 0. The molecule has 4 heteroatoms. The first-order valence-corrected chi connectivity index (χ1v) is 8.57. The molecule has 0 amide bonds. The molecule has 0 saturated carbocycles. The Morgan fingerprint density at radius 1 is 0.880 bits per heavy atom. The summed E-state index contributed by atoms with van der Waals surface area (Å²) in [6, 6.07) is 13.0. The van der Waals surface area contributed by atoms with Gasteiger partial charge in [0.15, 0.2) is 0 Å². The van der Waals surface area contributed by atoms with Crippen LogP contribution in [0.25, 0.3) is 0 Å². The van der Waals surface area contributed by atoms with Crippen molar-refractivity contribution < 1.29 is 14.4 Å². The van der Waals surface area contributed by atoms with Crippen molar-refractivity contribution in [3.63, 3.8) is 0 Å². The van der Waals surface area contributed by atoms with Gasteiger partial charge in [-0.15, -0.1) is 0 Å². The first kappa shape index (κ1) is 17.2. The van der Waals surface area contributed by atoms with Crippen LogP contribution in [0, 0.1) is 0 Å². The Balaban J connectivity index is 2.15. The molecule has 0 N–H and O–H groups in total. The Kier molecular flexibility index (Phi) is 5.17. The first-order chi connectivity index (χ1) is 12.1. The van der Waals surface area contributed by atoms with Crippen LogP contribution in [-0.4, -0.2) is 18.8 Å². The van der Waals surface area contributed by atoms with Gasteiger partial charge in [-0.1, -0.05) is 41.6 Å². The number of ether oxygens (including phenoxy) is 1. The molecule has 25 heavy (non-hydrogen) atoms. The Morgan fingerprint density at radius 2 is 1.44 bits per heavy atom. The van der Waals surface area contributed by atoms with Gasteiger partial charge in [0.2, 0.25) is 0 Å². The molecule has 4 aliphatic carbocycles. The summed E-state index contributed by atoms with van der Waals surface area (Å²) in [4.78, 5) is 16.7. The van der Waals surface area contributed by atoms with E-state index in [1.807, 2.05) is 6.92 Å². The van der Waals surface area contributed by atoms with Crippen molar-refractivity contribution in [1.82, 2.24) is 0 Å². The van der Waals surface area contributed by atoms with Gasteiger partial charge in [-0.3, -0.25) is 4.79 Å². The Bertz CT molecular complexity index is 807. The quantitative estimate of drug-likeness (QED) is 0.370. The number of carbonyl (C=O) groups excluding carboxylic acids is 1. The normalized spacial score (nSPS) is 14.0. The van der Waals surface area contributed by atoms with Crippen molar-refractivity contribution >= 4 is 11.7 Å². The van der Waals surface area contributed by atoms with Gasteiger partial charge in [0.1, 0.15) is 12.9 Å². The maximum Gasteiger partial charge on any atom is 0.308 e. The molecule has 4 bridgehead atoms. The second-order valence-corrected chi connectivity index (χ2v) is 6.36. The van der Waals surface area contributed by atoms with Crippen molar-refractivity contribution in [3.05, 3.63) is 64.2 Å². The van der Waals surface area contributed by atoms with E-state index in [0.717, 1.165) is 48.1 Å². The lowest BCUT2D eigenvalue weighted by molar-refractivity contribution is -0.131. The average molecular weight is 337 g/mol. The fraction of sp³-hybridized carbons (Fsp3) is 0.333. The van der Waals surface area contributed by atoms with E-state index >= 15 is 0 Å². The van der Waals surface area contributed by atoms with Crippen molar-refractivity contribution in [2.24, 2.45) is 5.16 Å². The van der Waals surface area contributed by atoms with Gasteiger partial charge in [0, 0.05) is 12.5 Å². The fourth-order valence-electron chi connectivity index (χ4n) is 3.34. The number of benzene rings is 2. The minimum atomic E-state index is -0.319. The highest BCUT2D eigenvalue weighted by atomic mass is 16.6. The van der Waals surface area contributed by atoms with E-state index in [9.17, 15) is 4.79 Å². The van der Waals surface area contributed by atoms with Crippen LogP contribution in [0.1, 0.15) is 41.7 Å². The van der Waals surface area contributed by atoms with Gasteiger partial charge >= 0.3 is 5.97 Å². The summed E-state index contributed by atoms with van der Waals surface area (Å²) in [7, 11) is 1.53. The van der Waals surface area contributed by atoms with E-state index in [4.69, 9.17) is 9.57 Å². The van der Waals surface area contributed by atoms with E-state index in [-0.39, 0.29) is 5.97 Å². The Hall–Kier alpha value is -2.62. The molecule has 0 atom stereocenters. The molecular weight excluding hydrogens is 314 g/mol. The molecular formula is C21H23NO3. The van der Waals surface area contributed by atoms with E-state index in [1.165, 1.54) is 25.2 Å². The van der Waals surface area contributed by atoms with Crippen LogP contribution < -0.4 is 4.74 Å². The lowest BCUT2D eigenvalue weighted by Crippen LogP contribution is -2.13. The number of carbonyl (C=O) groups is 1. The number of esters is 1. The molecule has 0 saturated heterocycles. The highest BCUT2D eigenvalue weighted by molar-refractivity contribution is 6.03. The zero-order valence-corrected chi connectivity index (χ0v) is 15.0. The van der Waals surface area contributed by atoms with Crippen molar-refractivity contribution in [1.29, 1.82) is 0 Å². The molecule has 2 aromatic carbocycles. The SMILES string of the molecule is CO/N=C(\C)c1c2ccc(c1OC(C)=O)CCc1ccc(cc1)CC2. The summed E-state index contributed by atoms with van der Waals surface area (Å²) in [6.07, 6.45) is 3.47. The van der Waals surface area contributed by atoms with Crippen LogP contribution in [0.3, 0.4) is 0 Å². The zero-order chi connectivity index (χ0) is 17.8. The second kappa shape index (κ2) is 7.51. The third-order valence-corrected chi connectivity index (χ3v) is 4.55. The molecule has 0 spiro atoms. The number of nitrogens with zero attached hydrogens (tertiary/aromatic N) is 1.